The maximum atomic E-state index is 11.8. The lowest BCUT2D eigenvalue weighted by atomic mass is 10.1. The number of nitrogens with one attached hydrogen (secondary N) is 1. The Labute approximate surface area is 99.6 Å². The number of thiophene rings is 1. The van der Waals surface area contributed by atoms with E-state index in [0.29, 0.717) is 5.88 Å². The van der Waals surface area contributed by atoms with Gasteiger partial charge in [0.2, 0.25) is 0 Å². The summed E-state index contributed by atoms with van der Waals surface area (Å²) in [4.78, 5) is 12.6. The fraction of sp³-hybridized carbons (Fsp3) is 0.545. The number of aryl methyl sites for hydroxylation is 1. The summed E-state index contributed by atoms with van der Waals surface area (Å²) in [6, 6.07) is 2.15. The van der Waals surface area contributed by atoms with Gasteiger partial charge >= 0.3 is 0 Å². The molecule has 2 nitrogen and oxygen atoms in total. The largest absolute Gasteiger partial charge is 0.349 e. The standard InChI is InChI=1S/C11H16ClNOS/c1-3-9(4-6-12)13-11(14)10-8(2)5-7-15-10/h5,7,9H,3-4,6H2,1-2H3,(H,13,14). The van der Waals surface area contributed by atoms with Gasteiger partial charge in [0.05, 0.1) is 4.88 Å². The Morgan fingerprint density at radius 2 is 2.40 bits per heavy atom. The van der Waals surface area contributed by atoms with Crippen molar-refractivity contribution in [2.45, 2.75) is 32.7 Å². The van der Waals surface area contributed by atoms with Crippen LogP contribution >= 0.6 is 22.9 Å². The van der Waals surface area contributed by atoms with Gasteiger partial charge in [-0.25, -0.2) is 0 Å². The number of hydrogen-bond donors (Lipinski definition) is 1. The summed E-state index contributed by atoms with van der Waals surface area (Å²) in [5.74, 6) is 0.613. The van der Waals surface area contributed by atoms with Gasteiger partial charge in [-0.2, -0.15) is 0 Å². The lowest BCUT2D eigenvalue weighted by Gasteiger charge is -2.15. The summed E-state index contributed by atoms with van der Waals surface area (Å²) in [6.45, 7) is 4.01. The van der Waals surface area contributed by atoms with Crippen molar-refractivity contribution in [3.63, 3.8) is 0 Å². The summed E-state index contributed by atoms with van der Waals surface area (Å²) < 4.78 is 0. The highest BCUT2D eigenvalue weighted by molar-refractivity contribution is 7.12. The monoisotopic (exact) mass is 245 g/mol. The molecule has 84 valence electrons. The van der Waals surface area contributed by atoms with Crippen LogP contribution in [0.3, 0.4) is 0 Å². The molecule has 0 spiro atoms. The number of carbonyl (C=O) groups excluding carboxylic acids is 1. The summed E-state index contributed by atoms with van der Waals surface area (Å²) >= 11 is 7.15. The highest BCUT2D eigenvalue weighted by atomic mass is 35.5. The van der Waals surface area contributed by atoms with Crippen LogP contribution in [0.4, 0.5) is 0 Å². The third-order valence-corrected chi connectivity index (χ3v) is 3.59. The first kappa shape index (κ1) is 12.5. The predicted molar refractivity (Wildman–Crippen MR) is 65.9 cm³/mol. The minimum Gasteiger partial charge on any atom is -0.349 e. The van der Waals surface area contributed by atoms with Gasteiger partial charge in [-0.3, -0.25) is 4.79 Å². The van der Waals surface area contributed by atoms with Crippen molar-refractivity contribution in [2.75, 3.05) is 5.88 Å². The molecular formula is C11H16ClNOS. The Hall–Kier alpha value is -0.540. The second kappa shape index (κ2) is 6.13. The van der Waals surface area contributed by atoms with Crippen LogP contribution < -0.4 is 5.32 Å². The molecule has 0 aromatic carbocycles. The normalized spacial score (nSPS) is 12.5. The molecule has 0 saturated heterocycles. The molecule has 0 bridgehead atoms. The van der Waals surface area contributed by atoms with Gasteiger partial charge in [0.1, 0.15) is 0 Å². The lowest BCUT2D eigenvalue weighted by Crippen LogP contribution is -2.34. The minimum atomic E-state index is 0.0273. The SMILES string of the molecule is CCC(CCCl)NC(=O)c1sccc1C. The van der Waals surface area contributed by atoms with Crippen molar-refractivity contribution in [3.8, 4) is 0 Å². The van der Waals surface area contributed by atoms with E-state index in [9.17, 15) is 4.79 Å². The first-order valence-corrected chi connectivity index (χ1v) is 6.51. The molecule has 1 N–H and O–H groups in total. The Balaban J connectivity index is 2.58. The van der Waals surface area contributed by atoms with Crippen LogP contribution in [0.2, 0.25) is 0 Å². The fourth-order valence-electron chi connectivity index (χ4n) is 1.37. The van der Waals surface area contributed by atoms with Crippen LogP contribution in [0, 0.1) is 6.92 Å². The van der Waals surface area contributed by atoms with Crippen molar-refractivity contribution >= 4 is 28.8 Å². The molecule has 1 unspecified atom stereocenters. The first-order chi connectivity index (χ1) is 7.19. The van der Waals surface area contributed by atoms with E-state index in [1.165, 1.54) is 11.3 Å². The minimum absolute atomic E-state index is 0.0273. The summed E-state index contributed by atoms with van der Waals surface area (Å²) in [5, 5.41) is 4.94. The van der Waals surface area contributed by atoms with Gasteiger partial charge in [-0.1, -0.05) is 6.92 Å². The third kappa shape index (κ3) is 3.50. The van der Waals surface area contributed by atoms with Gasteiger partial charge in [0.15, 0.2) is 0 Å². The molecular weight excluding hydrogens is 230 g/mol. The van der Waals surface area contributed by atoms with Crippen LogP contribution in [-0.2, 0) is 0 Å². The highest BCUT2D eigenvalue weighted by Crippen LogP contribution is 2.15. The van der Waals surface area contributed by atoms with Crippen molar-refractivity contribution < 1.29 is 4.79 Å². The smallest absolute Gasteiger partial charge is 0.261 e. The van der Waals surface area contributed by atoms with E-state index in [2.05, 4.69) is 12.2 Å². The third-order valence-electron chi connectivity index (χ3n) is 2.35. The van der Waals surface area contributed by atoms with E-state index < -0.39 is 0 Å². The zero-order valence-electron chi connectivity index (χ0n) is 9.05. The number of amides is 1. The average molecular weight is 246 g/mol. The number of alkyl halides is 1. The maximum absolute atomic E-state index is 11.8. The second-order valence-electron chi connectivity index (χ2n) is 3.49. The first-order valence-electron chi connectivity index (χ1n) is 5.10. The van der Waals surface area contributed by atoms with E-state index in [4.69, 9.17) is 11.6 Å². The molecule has 1 aromatic rings. The molecule has 0 aliphatic carbocycles. The average Bonchev–Trinajstić information content (AvgIpc) is 2.63. The highest BCUT2D eigenvalue weighted by Gasteiger charge is 2.14. The molecule has 1 aromatic heterocycles. The van der Waals surface area contributed by atoms with Gasteiger partial charge in [0, 0.05) is 11.9 Å². The summed E-state index contributed by atoms with van der Waals surface area (Å²) in [7, 11) is 0. The molecule has 0 saturated carbocycles. The fourth-order valence-corrected chi connectivity index (χ4v) is 2.46. The Morgan fingerprint density at radius 1 is 1.67 bits per heavy atom. The quantitative estimate of drug-likeness (QED) is 0.794. The van der Waals surface area contributed by atoms with Crippen molar-refractivity contribution in [3.05, 3.63) is 21.9 Å². The molecule has 1 heterocycles. The molecule has 0 aliphatic heterocycles. The van der Waals surface area contributed by atoms with Gasteiger partial charge < -0.3 is 5.32 Å². The number of rotatable bonds is 5. The number of halogens is 1. The van der Waals surface area contributed by atoms with Gasteiger partial charge in [-0.05, 0) is 36.8 Å². The summed E-state index contributed by atoms with van der Waals surface area (Å²) in [5.41, 5.74) is 1.04. The van der Waals surface area contributed by atoms with Crippen LogP contribution in [0.5, 0.6) is 0 Å². The molecule has 15 heavy (non-hydrogen) atoms. The molecule has 0 aliphatic rings. The van der Waals surface area contributed by atoms with E-state index in [1.807, 2.05) is 18.4 Å². The zero-order valence-corrected chi connectivity index (χ0v) is 10.6. The predicted octanol–water partition coefficient (Wildman–Crippen LogP) is 3.19. The molecule has 1 atom stereocenters. The van der Waals surface area contributed by atoms with Crippen LogP contribution in [-0.4, -0.2) is 17.8 Å². The van der Waals surface area contributed by atoms with Crippen molar-refractivity contribution in [2.24, 2.45) is 0 Å². The molecule has 1 rings (SSSR count). The van der Waals surface area contributed by atoms with Crippen LogP contribution in [0.1, 0.15) is 35.0 Å². The summed E-state index contributed by atoms with van der Waals surface area (Å²) in [6.07, 6.45) is 1.75. The van der Waals surface area contributed by atoms with E-state index in [1.54, 1.807) is 0 Å². The van der Waals surface area contributed by atoms with E-state index in [0.717, 1.165) is 23.3 Å². The van der Waals surface area contributed by atoms with Crippen LogP contribution in [0.15, 0.2) is 11.4 Å². The zero-order chi connectivity index (χ0) is 11.3. The van der Waals surface area contributed by atoms with Gasteiger partial charge in [0.25, 0.3) is 5.91 Å². The topological polar surface area (TPSA) is 29.1 Å². The van der Waals surface area contributed by atoms with Crippen molar-refractivity contribution in [1.82, 2.24) is 5.32 Å². The lowest BCUT2D eigenvalue weighted by molar-refractivity contribution is 0.0938. The van der Waals surface area contributed by atoms with Crippen molar-refractivity contribution in [1.29, 1.82) is 0 Å². The molecule has 1 amide bonds. The Morgan fingerprint density at radius 3 is 2.87 bits per heavy atom. The Bertz CT molecular complexity index is 324. The van der Waals surface area contributed by atoms with Gasteiger partial charge in [-0.15, -0.1) is 22.9 Å². The Kier molecular flexibility index (Phi) is 5.12. The van der Waals surface area contributed by atoms with Crippen LogP contribution in [0.25, 0.3) is 0 Å². The number of hydrogen-bond acceptors (Lipinski definition) is 2. The number of carbonyl (C=O) groups is 1. The molecule has 4 heteroatoms. The second-order valence-corrected chi connectivity index (χ2v) is 4.78. The molecule has 0 radical (unpaired) electrons. The van der Waals surface area contributed by atoms with E-state index >= 15 is 0 Å². The molecule has 0 fully saturated rings. The van der Waals surface area contributed by atoms with E-state index in [-0.39, 0.29) is 11.9 Å². The maximum Gasteiger partial charge on any atom is 0.261 e.